The van der Waals surface area contributed by atoms with Crippen LogP contribution in [0.25, 0.3) is 0 Å². The molecule has 1 saturated carbocycles. The summed E-state index contributed by atoms with van der Waals surface area (Å²) in [6.07, 6.45) is 7.39. The molecule has 0 aromatic carbocycles. The van der Waals surface area contributed by atoms with E-state index in [0.29, 0.717) is 18.4 Å². The van der Waals surface area contributed by atoms with Crippen molar-refractivity contribution in [2.24, 2.45) is 17.8 Å². The Morgan fingerprint density at radius 3 is 2.60 bits per heavy atom. The van der Waals surface area contributed by atoms with Gasteiger partial charge in [0.25, 0.3) is 0 Å². The summed E-state index contributed by atoms with van der Waals surface area (Å²) in [5.74, 6) is 1.19. The molecule has 2 heterocycles. The topological polar surface area (TPSA) is 62.3 Å². The monoisotopic (exact) mass is 343 g/mol. The van der Waals surface area contributed by atoms with Crippen LogP contribution in [0.15, 0.2) is 24.4 Å². The van der Waals surface area contributed by atoms with Gasteiger partial charge in [0, 0.05) is 31.1 Å². The first-order chi connectivity index (χ1) is 12.1. The van der Waals surface area contributed by atoms with Crippen molar-refractivity contribution in [2.45, 2.75) is 52.0 Å². The van der Waals surface area contributed by atoms with Crippen molar-refractivity contribution in [1.82, 2.24) is 15.2 Å². The number of nitrogens with one attached hydrogen (secondary N) is 1. The quantitative estimate of drug-likeness (QED) is 0.914. The maximum atomic E-state index is 12.7. The molecule has 5 nitrogen and oxygen atoms in total. The van der Waals surface area contributed by atoms with Crippen LogP contribution in [0.1, 0.15) is 51.1 Å². The zero-order chi connectivity index (χ0) is 17.6. The largest absolute Gasteiger partial charge is 0.350 e. The minimum absolute atomic E-state index is 0.0352. The second-order valence-electron chi connectivity index (χ2n) is 7.62. The molecule has 1 atom stereocenters. The first kappa shape index (κ1) is 17.9. The van der Waals surface area contributed by atoms with Gasteiger partial charge in [-0.2, -0.15) is 0 Å². The minimum atomic E-state index is 0.0352. The van der Waals surface area contributed by atoms with Gasteiger partial charge in [-0.05, 0) is 56.6 Å². The average molecular weight is 343 g/mol. The number of amides is 2. The van der Waals surface area contributed by atoms with Gasteiger partial charge >= 0.3 is 0 Å². The van der Waals surface area contributed by atoms with Crippen molar-refractivity contribution < 1.29 is 9.59 Å². The second-order valence-corrected chi connectivity index (χ2v) is 7.62. The van der Waals surface area contributed by atoms with Gasteiger partial charge in [-0.3, -0.25) is 14.6 Å². The molecular formula is C20H29N3O2. The van der Waals surface area contributed by atoms with Gasteiger partial charge in [0.2, 0.25) is 11.8 Å². The van der Waals surface area contributed by atoms with Crippen LogP contribution in [-0.4, -0.2) is 34.8 Å². The van der Waals surface area contributed by atoms with Gasteiger partial charge in [0.1, 0.15) is 0 Å². The first-order valence-electron chi connectivity index (χ1n) is 9.60. The van der Waals surface area contributed by atoms with Gasteiger partial charge in [-0.25, -0.2) is 0 Å². The molecule has 1 N–H and O–H groups in total. The van der Waals surface area contributed by atoms with E-state index in [0.717, 1.165) is 50.9 Å². The van der Waals surface area contributed by atoms with E-state index in [1.807, 2.05) is 18.2 Å². The number of aromatic nitrogens is 1. The highest BCUT2D eigenvalue weighted by Crippen LogP contribution is 2.31. The van der Waals surface area contributed by atoms with E-state index < -0.39 is 0 Å². The molecule has 2 fully saturated rings. The van der Waals surface area contributed by atoms with Crippen LogP contribution in [-0.2, 0) is 16.1 Å². The highest BCUT2D eigenvalue weighted by atomic mass is 16.2. The van der Waals surface area contributed by atoms with E-state index in [9.17, 15) is 9.59 Å². The van der Waals surface area contributed by atoms with Crippen molar-refractivity contribution in [3.63, 3.8) is 0 Å². The summed E-state index contributed by atoms with van der Waals surface area (Å²) in [4.78, 5) is 31.3. The maximum Gasteiger partial charge on any atom is 0.225 e. The molecule has 0 radical (unpaired) electrons. The SMILES string of the molecule is CC1CCCN(C(=O)C2CCC(C(=O)NCc3ccccn3)CC2)C1. The maximum absolute atomic E-state index is 12.7. The van der Waals surface area contributed by atoms with E-state index >= 15 is 0 Å². The zero-order valence-electron chi connectivity index (χ0n) is 15.1. The highest BCUT2D eigenvalue weighted by molar-refractivity contribution is 5.81. The predicted molar refractivity (Wildman–Crippen MR) is 96.5 cm³/mol. The number of hydrogen-bond donors (Lipinski definition) is 1. The van der Waals surface area contributed by atoms with Crippen molar-refractivity contribution in [1.29, 1.82) is 0 Å². The molecule has 0 spiro atoms. The van der Waals surface area contributed by atoms with Crippen LogP contribution < -0.4 is 5.32 Å². The van der Waals surface area contributed by atoms with Crippen LogP contribution in [0.5, 0.6) is 0 Å². The summed E-state index contributed by atoms with van der Waals surface area (Å²) in [5, 5.41) is 2.99. The van der Waals surface area contributed by atoms with Gasteiger partial charge in [0.05, 0.1) is 12.2 Å². The summed E-state index contributed by atoms with van der Waals surface area (Å²) in [5.41, 5.74) is 0.874. The van der Waals surface area contributed by atoms with Crippen LogP contribution in [0.2, 0.25) is 0 Å². The summed E-state index contributed by atoms with van der Waals surface area (Å²) >= 11 is 0. The standard InChI is InChI=1S/C20H29N3O2/c1-15-5-4-12-23(14-15)20(25)17-9-7-16(8-10-17)19(24)22-13-18-6-2-3-11-21-18/h2-3,6,11,15-17H,4-5,7-10,12-14H2,1H3,(H,22,24). The lowest BCUT2D eigenvalue weighted by Gasteiger charge is -2.35. The van der Waals surface area contributed by atoms with Gasteiger partial charge < -0.3 is 10.2 Å². The van der Waals surface area contributed by atoms with Crippen molar-refractivity contribution >= 4 is 11.8 Å². The molecule has 1 aliphatic heterocycles. The molecule has 1 unspecified atom stereocenters. The summed E-state index contributed by atoms with van der Waals surface area (Å²) in [6.45, 7) is 4.52. The van der Waals surface area contributed by atoms with Crippen LogP contribution in [0.4, 0.5) is 0 Å². The molecular weight excluding hydrogens is 314 g/mol. The van der Waals surface area contributed by atoms with E-state index in [1.165, 1.54) is 6.42 Å². The number of pyridine rings is 1. The number of piperidine rings is 1. The Balaban J connectivity index is 1.43. The zero-order valence-corrected chi connectivity index (χ0v) is 15.1. The molecule has 136 valence electrons. The van der Waals surface area contributed by atoms with Gasteiger partial charge in [0.15, 0.2) is 0 Å². The molecule has 1 aliphatic carbocycles. The predicted octanol–water partition coefficient (Wildman–Crippen LogP) is 2.76. The number of nitrogens with zero attached hydrogens (tertiary/aromatic N) is 2. The highest BCUT2D eigenvalue weighted by Gasteiger charge is 2.33. The normalized spacial score (nSPS) is 26.9. The first-order valence-corrected chi connectivity index (χ1v) is 9.60. The van der Waals surface area contributed by atoms with E-state index in [-0.39, 0.29) is 17.7 Å². The molecule has 1 saturated heterocycles. The lowest BCUT2D eigenvalue weighted by molar-refractivity contribution is -0.140. The summed E-state index contributed by atoms with van der Waals surface area (Å²) in [7, 11) is 0. The Morgan fingerprint density at radius 1 is 1.16 bits per heavy atom. The van der Waals surface area contributed by atoms with Crippen molar-refractivity contribution in [2.75, 3.05) is 13.1 Å². The molecule has 2 aliphatic rings. The lowest BCUT2D eigenvalue weighted by atomic mass is 9.80. The van der Waals surface area contributed by atoms with E-state index in [2.05, 4.69) is 22.1 Å². The molecule has 1 aromatic heterocycles. The average Bonchev–Trinajstić information content (AvgIpc) is 2.66. The summed E-state index contributed by atoms with van der Waals surface area (Å²) < 4.78 is 0. The van der Waals surface area contributed by atoms with Crippen molar-refractivity contribution in [3.8, 4) is 0 Å². The fourth-order valence-corrected chi connectivity index (χ4v) is 4.08. The number of carbonyl (C=O) groups excluding carboxylic acids is 2. The third-order valence-electron chi connectivity index (χ3n) is 5.59. The Hall–Kier alpha value is -1.91. The fraction of sp³-hybridized carbons (Fsp3) is 0.650. The third kappa shape index (κ3) is 4.80. The van der Waals surface area contributed by atoms with Crippen LogP contribution in [0.3, 0.4) is 0 Å². The molecule has 1 aromatic rings. The lowest BCUT2D eigenvalue weighted by Crippen LogP contribution is -2.44. The van der Waals surface area contributed by atoms with E-state index in [1.54, 1.807) is 6.20 Å². The van der Waals surface area contributed by atoms with Gasteiger partial charge in [-0.15, -0.1) is 0 Å². The number of rotatable bonds is 4. The Kier molecular flexibility index (Phi) is 6.05. The van der Waals surface area contributed by atoms with E-state index in [4.69, 9.17) is 0 Å². The molecule has 5 heteroatoms. The number of likely N-dealkylation sites (tertiary alicyclic amines) is 1. The molecule has 2 amide bonds. The Morgan fingerprint density at radius 2 is 1.92 bits per heavy atom. The number of carbonyl (C=O) groups is 2. The Labute approximate surface area is 150 Å². The smallest absolute Gasteiger partial charge is 0.225 e. The second kappa shape index (κ2) is 8.45. The van der Waals surface area contributed by atoms with Crippen LogP contribution >= 0.6 is 0 Å². The molecule has 3 rings (SSSR count). The number of hydrogen-bond acceptors (Lipinski definition) is 3. The summed E-state index contributed by atoms with van der Waals surface area (Å²) in [6, 6.07) is 5.70. The van der Waals surface area contributed by atoms with Crippen LogP contribution in [0, 0.1) is 17.8 Å². The Bertz CT molecular complexity index is 582. The minimum Gasteiger partial charge on any atom is -0.350 e. The third-order valence-corrected chi connectivity index (χ3v) is 5.59. The van der Waals surface area contributed by atoms with Gasteiger partial charge in [-0.1, -0.05) is 13.0 Å². The molecule has 25 heavy (non-hydrogen) atoms. The van der Waals surface area contributed by atoms with Crippen molar-refractivity contribution in [3.05, 3.63) is 30.1 Å². The fourth-order valence-electron chi connectivity index (χ4n) is 4.08. The molecule has 0 bridgehead atoms.